The molecule has 0 amide bonds. The quantitative estimate of drug-likeness (QED) is 0.475. The van der Waals surface area contributed by atoms with Gasteiger partial charge >= 0.3 is 0 Å². The van der Waals surface area contributed by atoms with Crippen LogP contribution in [0.3, 0.4) is 0 Å². The lowest BCUT2D eigenvalue weighted by Crippen LogP contribution is -1.91. The van der Waals surface area contributed by atoms with Crippen molar-refractivity contribution in [2.24, 2.45) is 11.8 Å². The Bertz CT molecular complexity index is 36.0. The molecule has 14 heavy (non-hydrogen) atoms. The molecule has 0 saturated carbocycles. The second-order valence-corrected chi connectivity index (χ2v) is 3.37. The minimum atomic E-state index is 0. The van der Waals surface area contributed by atoms with Crippen molar-refractivity contribution in [1.82, 2.24) is 0 Å². The third-order valence-electron chi connectivity index (χ3n) is 1.32. The van der Waals surface area contributed by atoms with Crippen molar-refractivity contribution < 1.29 is 0 Å². The zero-order valence-electron chi connectivity index (χ0n) is 6.57. The van der Waals surface area contributed by atoms with E-state index in [2.05, 4.69) is 27.7 Å². The Labute approximate surface area is 97.5 Å². The summed E-state index contributed by atoms with van der Waals surface area (Å²) in [7, 11) is 0. The smallest absolute Gasteiger partial charge is 0.0471 e. The molecule has 0 aromatic rings. The van der Waals surface area contributed by atoms with E-state index in [4.69, 9.17) is 0 Å². The van der Waals surface area contributed by atoms with Crippen molar-refractivity contribution in [2.75, 3.05) is 0 Å². The zero-order valence-corrected chi connectivity index (χ0v) is 6.57. The van der Waals surface area contributed by atoms with E-state index >= 15 is 0 Å². The molecule has 0 bridgehead atoms. The van der Waals surface area contributed by atoms with E-state index in [1.165, 1.54) is 12.8 Å². The normalized spacial score (nSPS) is 6.43. The third kappa shape index (κ3) is 58.1. The van der Waals surface area contributed by atoms with Crippen molar-refractivity contribution in [3.63, 3.8) is 0 Å². The van der Waals surface area contributed by atoms with E-state index in [1.807, 2.05) is 0 Å². The SMILES string of the molecule is C.C.C.C.C.C.CC(C)CCC(C)C. The van der Waals surface area contributed by atoms with Gasteiger partial charge in [0.2, 0.25) is 0 Å². The van der Waals surface area contributed by atoms with Gasteiger partial charge < -0.3 is 0 Å². The second-order valence-electron chi connectivity index (χ2n) is 3.37. The fourth-order valence-corrected chi connectivity index (χ4v) is 0.667. The van der Waals surface area contributed by atoms with Crippen LogP contribution in [0.5, 0.6) is 0 Å². The topological polar surface area (TPSA) is 0 Å². The van der Waals surface area contributed by atoms with Crippen LogP contribution in [-0.2, 0) is 0 Å². The fourth-order valence-electron chi connectivity index (χ4n) is 0.667. The number of hydrogen-bond donors (Lipinski definition) is 0. The molecule has 0 nitrogen and oxygen atoms in total. The van der Waals surface area contributed by atoms with E-state index in [9.17, 15) is 0 Å². The Hall–Kier alpha value is 0. The lowest BCUT2D eigenvalue weighted by molar-refractivity contribution is 0.476. The van der Waals surface area contributed by atoms with Gasteiger partial charge in [-0.2, -0.15) is 0 Å². The first-order chi connectivity index (χ1) is 3.63. The molecule has 0 radical (unpaired) electrons. The Balaban J connectivity index is -0.0000000163. The first-order valence-corrected chi connectivity index (χ1v) is 3.63. The fraction of sp³-hybridized carbons (Fsp3) is 1.00. The highest BCUT2D eigenvalue weighted by molar-refractivity contribution is 4.48. The minimum absolute atomic E-state index is 0. The molecule has 0 fully saturated rings. The van der Waals surface area contributed by atoms with Gasteiger partial charge in [0.05, 0.1) is 0 Å². The first kappa shape index (κ1) is 48.3. The predicted molar refractivity (Wildman–Crippen MR) is 79.3 cm³/mol. The van der Waals surface area contributed by atoms with Crippen LogP contribution in [0.25, 0.3) is 0 Å². The van der Waals surface area contributed by atoms with Gasteiger partial charge in [-0.05, 0) is 11.8 Å². The van der Waals surface area contributed by atoms with Crippen LogP contribution < -0.4 is 0 Å². The molecule has 0 aliphatic carbocycles. The Morgan fingerprint density at radius 3 is 0.714 bits per heavy atom. The van der Waals surface area contributed by atoms with Gasteiger partial charge in [0, 0.05) is 0 Å². The molecule has 0 aliphatic rings. The summed E-state index contributed by atoms with van der Waals surface area (Å²) in [6.07, 6.45) is 2.77. The van der Waals surface area contributed by atoms with Gasteiger partial charge in [0.25, 0.3) is 0 Å². The summed E-state index contributed by atoms with van der Waals surface area (Å²) in [5, 5.41) is 0. The molecular formula is C14H42. The van der Waals surface area contributed by atoms with Gasteiger partial charge in [-0.15, -0.1) is 0 Å². The van der Waals surface area contributed by atoms with Crippen molar-refractivity contribution in [3.8, 4) is 0 Å². The zero-order chi connectivity index (χ0) is 6.57. The molecule has 0 rings (SSSR count). The maximum absolute atomic E-state index is 2.28. The molecule has 0 unspecified atom stereocenters. The highest BCUT2D eigenvalue weighted by Crippen LogP contribution is 2.09. The van der Waals surface area contributed by atoms with Crippen LogP contribution in [0.1, 0.15) is 85.1 Å². The summed E-state index contributed by atoms with van der Waals surface area (Å²) in [5.74, 6) is 1.77. The highest BCUT2D eigenvalue weighted by atomic mass is 14.0. The Morgan fingerprint density at radius 1 is 0.500 bits per heavy atom. The third-order valence-corrected chi connectivity index (χ3v) is 1.32. The minimum Gasteiger partial charge on any atom is -0.0776 e. The molecule has 0 heterocycles. The monoisotopic (exact) mass is 210 g/mol. The van der Waals surface area contributed by atoms with E-state index in [0.29, 0.717) is 0 Å². The average Bonchev–Trinajstić information content (AvgIpc) is 1.61. The van der Waals surface area contributed by atoms with Crippen molar-refractivity contribution in [2.45, 2.75) is 85.1 Å². The maximum atomic E-state index is 2.28. The molecule has 0 N–H and O–H groups in total. The van der Waals surface area contributed by atoms with Gasteiger partial charge in [-0.3, -0.25) is 0 Å². The van der Waals surface area contributed by atoms with Gasteiger partial charge in [0.1, 0.15) is 0 Å². The van der Waals surface area contributed by atoms with Gasteiger partial charge in [-0.25, -0.2) is 0 Å². The lowest BCUT2D eigenvalue weighted by atomic mass is 10.0. The van der Waals surface area contributed by atoms with E-state index < -0.39 is 0 Å². The maximum Gasteiger partial charge on any atom is -0.0471 e. The molecule has 0 atom stereocenters. The van der Waals surface area contributed by atoms with E-state index in [0.717, 1.165) is 11.8 Å². The van der Waals surface area contributed by atoms with Crippen LogP contribution in [0.4, 0.5) is 0 Å². The van der Waals surface area contributed by atoms with Gasteiger partial charge in [0.15, 0.2) is 0 Å². The summed E-state index contributed by atoms with van der Waals surface area (Å²) >= 11 is 0. The largest absolute Gasteiger partial charge is 0.0776 e. The average molecular weight is 210 g/mol. The van der Waals surface area contributed by atoms with Crippen molar-refractivity contribution >= 4 is 0 Å². The molecule has 0 saturated heterocycles. The molecular weight excluding hydrogens is 168 g/mol. The molecule has 0 aromatic heterocycles. The summed E-state index contributed by atoms with van der Waals surface area (Å²) in [6, 6.07) is 0. The summed E-state index contributed by atoms with van der Waals surface area (Å²) < 4.78 is 0. The standard InChI is InChI=1S/C8H18.6CH4/c1-7(2)5-6-8(3)4;;;;;;/h7-8H,5-6H2,1-4H3;6*1H4. The Kier molecular flexibility index (Phi) is 101. The number of hydrogen-bond acceptors (Lipinski definition) is 0. The van der Waals surface area contributed by atoms with Crippen LogP contribution in [0.15, 0.2) is 0 Å². The predicted octanol–water partition coefficient (Wildman–Crippen LogP) is 6.90. The van der Waals surface area contributed by atoms with Gasteiger partial charge in [-0.1, -0.05) is 85.1 Å². The van der Waals surface area contributed by atoms with E-state index in [-0.39, 0.29) is 44.6 Å². The molecule has 0 aromatic carbocycles. The lowest BCUT2D eigenvalue weighted by Gasteiger charge is -2.05. The molecule has 0 heteroatoms. The van der Waals surface area contributed by atoms with Crippen LogP contribution in [0.2, 0.25) is 0 Å². The van der Waals surface area contributed by atoms with Crippen LogP contribution in [-0.4, -0.2) is 0 Å². The van der Waals surface area contributed by atoms with Crippen molar-refractivity contribution in [3.05, 3.63) is 0 Å². The summed E-state index contributed by atoms with van der Waals surface area (Å²) in [5.41, 5.74) is 0. The Morgan fingerprint density at radius 2 is 0.643 bits per heavy atom. The van der Waals surface area contributed by atoms with Crippen LogP contribution >= 0.6 is 0 Å². The van der Waals surface area contributed by atoms with E-state index in [1.54, 1.807) is 0 Å². The first-order valence-electron chi connectivity index (χ1n) is 3.63. The van der Waals surface area contributed by atoms with Crippen LogP contribution in [0, 0.1) is 11.8 Å². The molecule has 0 spiro atoms. The molecule has 0 aliphatic heterocycles. The second kappa shape index (κ2) is 29.2. The summed E-state index contributed by atoms with van der Waals surface area (Å²) in [4.78, 5) is 0. The summed E-state index contributed by atoms with van der Waals surface area (Å²) in [6.45, 7) is 9.12. The number of rotatable bonds is 3. The van der Waals surface area contributed by atoms with Crippen molar-refractivity contribution in [1.29, 1.82) is 0 Å². The molecule has 98 valence electrons. The highest BCUT2D eigenvalue weighted by Gasteiger charge is 1.95.